The number of methoxy groups -OCH3 is 2. The van der Waals surface area contributed by atoms with Crippen LogP contribution in [0.3, 0.4) is 0 Å². The third-order valence-electron chi connectivity index (χ3n) is 8.80. The molecule has 248 valence electrons. The van der Waals surface area contributed by atoms with Crippen molar-refractivity contribution in [2.24, 2.45) is 9.98 Å². The van der Waals surface area contributed by atoms with Crippen LogP contribution in [0.25, 0.3) is 11.1 Å². The summed E-state index contributed by atoms with van der Waals surface area (Å²) in [6.45, 7) is 5.63. The maximum absolute atomic E-state index is 13.5. The zero-order valence-electron chi connectivity index (χ0n) is 26.5. The quantitative estimate of drug-likeness (QED) is 0.305. The van der Waals surface area contributed by atoms with E-state index in [4.69, 9.17) is 42.7 Å². The van der Waals surface area contributed by atoms with Gasteiger partial charge in [-0.25, -0.2) is 9.98 Å². The van der Waals surface area contributed by atoms with Crippen LogP contribution < -0.4 is 10.1 Å². The summed E-state index contributed by atoms with van der Waals surface area (Å²) in [5, 5.41) is 22.8. The minimum absolute atomic E-state index is 0.0513. The minimum atomic E-state index is -0.428. The molecule has 0 radical (unpaired) electrons. The fourth-order valence-corrected chi connectivity index (χ4v) is 6.98. The van der Waals surface area contributed by atoms with Crippen LogP contribution in [0, 0.1) is 0 Å². The van der Waals surface area contributed by atoms with Gasteiger partial charge < -0.3 is 25.0 Å². The number of aromatic nitrogens is 1. The number of halogens is 2. The first kappa shape index (κ1) is 33.3. The lowest BCUT2D eigenvalue weighted by molar-refractivity contribution is 0.0124. The number of ether oxygens (including phenoxy) is 2. The highest BCUT2D eigenvalue weighted by Crippen LogP contribution is 2.42. The molecular formula is C34H38Cl2N6O5. The first-order valence-electron chi connectivity index (χ1n) is 15.6. The number of likely N-dealkylation sites (tertiary alicyclic amines) is 1. The largest absolute Gasteiger partial charge is 0.496 e. The number of β-amino-alcohol motifs (C(OH)–C–C–N with tert-alkyl or cyclic N) is 2. The van der Waals surface area contributed by atoms with Gasteiger partial charge in [-0.05, 0) is 25.0 Å². The van der Waals surface area contributed by atoms with Gasteiger partial charge in [-0.15, -0.1) is 0 Å². The molecule has 0 aliphatic carbocycles. The maximum atomic E-state index is 13.5. The number of carbonyl (C=O) groups excluding carboxylic acids is 1. The fourth-order valence-electron chi connectivity index (χ4n) is 6.37. The van der Waals surface area contributed by atoms with E-state index in [0.29, 0.717) is 71.2 Å². The molecule has 4 heterocycles. The average Bonchev–Trinajstić information content (AvgIpc) is 3.05. The van der Waals surface area contributed by atoms with Gasteiger partial charge in [0.2, 0.25) is 5.90 Å². The van der Waals surface area contributed by atoms with E-state index in [-0.39, 0.29) is 30.5 Å². The van der Waals surface area contributed by atoms with Crippen molar-refractivity contribution >= 4 is 46.4 Å². The Bertz CT molecular complexity index is 1730. The number of aliphatic hydroxyl groups is 2. The molecule has 47 heavy (non-hydrogen) atoms. The number of pyridine rings is 1. The number of hydrogen-bond acceptors (Lipinski definition) is 10. The standard InChI is InChI=1S/C34H38Cl2N6O5/c1-19-32(40-34(47-3)28(37-19)18-42-15-20(44)16-42)24-8-4-6-21(30(24)35)22-7-5-9-25(31(22)36)39-33(45)26-14-29(46-2)23-10-11-41(12-13-43)17-27(23)38-26/h4-9,14,19-20,32,43-44H,10-13,15-18H2,1-3H3,(H,39,45). The predicted molar refractivity (Wildman–Crippen MR) is 183 cm³/mol. The van der Waals surface area contributed by atoms with Gasteiger partial charge in [0.15, 0.2) is 0 Å². The van der Waals surface area contributed by atoms with Crippen LogP contribution in [0.2, 0.25) is 10.0 Å². The van der Waals surface area contributed by atoms with Crippen LogP contribution in [0.5, 0.6) is 5.75 Å². The van der Waals surface area contributed by atoms with Gasteiger partial charge in [-0.3, -0.25) is 19.6 Å². The smallest absolute Gasteiger partial charge is 0.274 e. The zero-order valence-corrected chi connectivity index (χ0v) is 28.1. The number of nitrogens with zero attached hydrogens (tertiary/aromatic N) is 5. The normalized spacial score (nSPS) is 20.1. The minimum Gasteiger partial charge on any atom is -0.496 e. The van der Waals surface area contributed by atoms with Crippen LogP contribution in [-0.2, 0) is 17.7 Å². The number of anilines is 1. The number of rotatable bonds is 9. The molecule has 0 spiro atoms. The van der Waals surface area contributed by atoms with Crippen molar-refractivity contribution < 1.29 is 24.5 Å². The molecule has 1 aromatic heterocycles. The maximum Gasteiger partial charge on any atom is 0.274 e. The van der Waals surface area contributed by atoms with Crippen LogP contribution in [0.4, 0.5) is 5.69 Å². The molecule has 0 saturated carbocycles. The fraction of sp³-hybridized carbons (Fsp3) is 0.412. The summed E-state index contributed by atoms with van der Waals surface area (Å²) in [4.78, 5) is 32.2. The molecule has 0 bridgehead atoms. The van der Waals surface area contributed by atoms with E-state index < -0.39 is 5.91 Å². The van der Waals surface area contributed by atoms with E-state index in [9.17, 15) is 15.0 Å². The SMILES string of the molecule is COC1=NC(c2cccc(-c3cccc(NC(=O)c4cc(OC)c5c(n4)CN(CCO)CC5)c3Cl)c2Cl)C(C)N=C1CN1CC(O)C1. The first-order valence-corrected chi connectivity index (χ1v) is 16.3. The summed E-state index contributed by atoms with van der Waals surface area (Å²) in [5.41, 5.74) is 5.20. The monoisotopic (exact) mass is 680 g/mol. The average molecular weight is 682 g/mol. The number of aliphatic imine (C=N–C) groups is 2. The second-order valence-corrected chi connectivity index (χ2v) is 12.7. The number of aliphatic hydroxyl groups excluding tert-OH is 2. The Morgan fingerprint density at radius 2 is 1.79 bits per heavy atom. The highest BCUT2D eigenvalue weighted by Gasteiger charge is 2.33. The Hall–Kier alpha value is -3.58. The van der Waals surface area contributed by atoms with Crippen molar-refractivity contribution in [1.82, 2.24) is 14.8 Å². The highest BCUT2D eigenvalue weighted by atomic mass is 35.5. The molecule has 3 N–H and O–H groups in total. The molecule has 3 aliphatic rings. The number of carbonyl (C=O) groups is 1. The number of benzene rings is 2. The molecule has 1 saturated heterocycles. The Labute approximate surface area is 283 Å². The lowest BCUT2D eigenvalue weighted by atomic mass is 9.95. The molecule has 1 amide bonds. The van der Waals surface area contributed by atoms with Crippen molar-refractivity contribution in [2.75, 3.05) is 58.9 Å². The molecule has 2 aromatic carbocycles. The topological polar surface area (TPSA) is 132 Å². The van der Waals surface area contributed by atoms with Crippen molar-refractivity contribution in [3.8, 4) is 16.9 Å². The number of hydrogen-bond donors (Lipinski definition) is 3. The summed E-state index contributed by atoms with van der Waals surface area (Å²) in [6.07, 6.45) is 0.413. The van der Waals surface area contributed by atoms with Gasteiger partial charge in [0.25, 0.3) is 5.91 Å². The predicted octanol–water partition coefficient (Wildman–Crippen LogP) is 4.27. The number of amides is 1. The summed E-state index contributed by atoms with van der Waals surface area (Å²) in [7, 11) is 3.15. The van der Waals surface area contributed by atoms with Gasteiger partial charge in [0.05, 0.1) is 54.4 Å². The number of nitrogens with one attached hydrogen (secondary N) is 1. The molecule has 6 rings (SSSR count). The van der Waals surface area contributed by atoms with E-state index in [1.807, 2.05) is 31.2 Å². The van der Waals surface area contributed by atoms with Gasteiger partial charge in [-0.2, -0.15) is 0 Å². The van der Waals surface area contributed by atoms with E-state index in [0.717, 1.165) is 35.5 Å². The lowest BCUT2D eigenvalue weighted by Gasteiger charge is -2.37. The van der Waals surface area contributed by atoms with Crippen LogP contribution in [0.1, 0.15) is 40.3 Å². The molecule has 1 fully saturated rings. The lowest BCUT2D eigenvalue weighted by Crippen LogP contribution is -2.53. The highest BCUT2D eigenvalue weighted by molar-refractivity contribution is 6.40. The van der Waals surface area contributed by atoms with Crippen molar-refractivity contribution in [1.29, 1.82) is 0 Å². The zero-order chi connectivity index (χ0) is 33.2. The van der Waals surface area contributed by atoms with Crippen molar-refractivity contribution in [3.63, 3.8) is 0 Å². The van der Waals surface area contributed by atoms with Crippen molar-refractivity contribution in [3.05, 3.63) is 75.0 Å². The second kappa shape index (κ2) is 14.3. The van der Waals surface area contributed by atoms with Gasteiger partial charge in [0, 0.05) is 62.0 Å². The van der Waals surface area contributed by atoms with Crippen LogP contribution in [0.15, 0.2) is 52.4 Å². The summed E-state index contributed by atoms with van der Waals surface area (Å²) in [6, 6.07) is 12.1. The Morgan fingerprint density at radius 3 is 2.49 bits per heavy atom. The molecular weight excluding hydrogens is 643 g/mol. The molecule has 2 atom stereocenters. The molecule has 3 aromatic rings. The van der Waals surface area contributed by atoms with Crippen LogP contribution in [-0.4, -0.2) is 108 Å². The van der Waals surface area contributed by atoms with Crippen LogP contribution >= 0.6 is 23.2 Å². The Kier molecular flexibility index (Phi) is 10.1. The Morgan fingerprint density at radius 1 is 1.04 bits per heavy atom. The summed E-state index contributed by atoms with van der Waals surface area (Å²) in [5.74, 6) is 0.634. The molecule has 2 unspecified atom stereocenters. The third-order valence-corrected chi connectivity index (χ3v) is 9.63. The summed E-state index contributed by atoms with van der Waals surface area (Å²) >= 11 is 14.0. The third kappa shape index (κ3) is 6.87. The van der Waals surface area contributed by atoms with E-state index in [2.05, 4.69) is 20.1 Å². The first-order chi connectivity index (χ1) is 22.7. The van der Waals surface area contributed by atoms with Gasteiger partial charge >= 0.3 is 0 Å². The molecule has 11 nitrogen and oxygen atoms in total. The molecule has 13 heteroatoms. The Balaban J connectivity index is 1.25. The van der Waals surface area contributed by atoms with E-state index >= 15 is 0 Å². The molecule has 3 aliphatic heterocycles. The van der Waals surface area contributed by atoms with Gasteiger partial charge in [-0.1, -0.05) is 53.5 Å². The van der Waals surface area contributed by atoms with E-state index in [1.165, 1.54) is 0 Å². The van der Waals surface area contributed by atoms with Crippen molar-refractivity contribution in [2.45, 2.75) is 38.1 Å². The second-order valence-electron chi connectivity index (χ2n) is 12.0. The number of fused-ring (bicyclic) bond motifs is 1. The summed E-state index contributed by atoms with van der Waals surface area (Å²) < 4.78 is 11.2. The van der Waals surface area contributed by atoms with E-state index in [1.54, 1.807) is 32.4 Å². The van der Waals surface area contributed by atoms with Gasteiger partial charge in [0.1, 0.15) is 23.2 Å².